The Kier molecular flexibility index (Phi) is 6.07. The largest absolute Gasteiger partial charge is 0.492 e. The first-order valence-corrected chi connectivity index (χ1v) is 8.79. The van der Waals surface area contributed by atoms with Gasteiger partial charge in [-0.2, -0.15) is 0 Å². The molecular formula is C18H27N3O3. The molecule has 2 heterocycles. The lowest BCUT2D eigenvalue weighted by atomic mass is 10.1. The zero-order valence-electron chi connectivity index (χ0n) is 14.1. The zero-order chi connectivity index (χ0) is 16.8. The van der Waals surface area contributed by atoms with E-state index in [9.17, 15) is 4.79 Å². The van der Waals surface area contributed by atoms with E-state index in [4.69, 9.17) is 15.2 Å². The third kappa shape index (κ3) is 4.47. The summed E-state index contributed by atoms with van der Waals surface area (Å²) in [6.07, 6.45) is 2.84. The Bertz CT molecular complexity index is 546. The maximum atomic E-state index is 12.4. The molecule has 0 saturated carbocycles. The molecule has 0 bridgehead atoms. The molecule has 1 aromatic carbocycles. The lowest BCUT2D eigenvalue weighted by molar-refractivity contribution is -0.121. The van der Waals surface area contributed by atoms with E-state index in [1.54, 1.807) is 0 Å². The normalized spacial score (nSPS) is 24.2. The molecule has 0 radical (unpaired) electrons. The molecule has 24 heavy (non-hydrogen) atoms. The fraction of sp³-hybridized carbons (Fsp3) is 0.611. The number of ether oxygens (including phenoxy) is 2. The summed E-state index contributed by atoms with van der Waals surface area (Å²) < 4.78 is 11.1. The van der Waals surface area contributed by atoms with Crippen LogP contribution in [-0.4, -0.2) is 62.3 Å². The molecule has 0 unspecified atom stereocenters. The molecule has 2 aliphatic rings. The van der Waals surface area contributed by atoms with Crippen LogP contribution < -0.4 is 15.8 Å². The second kappa shape index (κ2) is 8.46. The fourth-order valence-electron chi connectivity index (χ4n) is 3.48. The van der Waals surface area contributed by atoms with Gasteiger partial charge in [-0.25, -0.2) is 0 Å². The first-order chi connectivity index (χ1) is 11.8. The summed E-state index contributed by atoms with van der Waals surface area (Å²) in [5.74, 6) is 0.788. The molecule has 3 rings (SSSR count). The van der Waals surface area contributed by atoms with Crippen molar-refractivity contribution < 1.29 is 14.3 Å². The van der Waals surface area contributed by atoms with Gasteiger partial charge in [-0.05, 0) is 43.6 Å². The van der Waals surface area contributed by atoms with Crippen LogP contribution in [0.4, 0.5) is 0 Å². The van der Waals surface area contributed by atoms with Crippen LogP contribution in [0.15, 0.2) is 24.3 Å². The fourth-order valence-corrected chi connectivity index (χ4v) is 3.48. The van der Waals surface area contributed by atoms with E-state index in [1.807, 2.05) is 24.3 Å². The first kappa shape index (κ1) is 17.2. The van der Waals surface area contributed by atoms with Crippen LogP contribution >= 0.6 is 0 Å². The van der Waals surface area contributed by atoms with Gasteiger partial charge in [-0.3, -0.25) is 9.69 Å². The first-order valence-electron chi connectivity index (χ1n) is 8.79. The highest BCUT2D eigenvalue weighted by Gasteiger charge is 2.35. The number of likely N-dealkylation sites (tertiary alicyclic amines) is 1. The molecule has 0 spiro atoms. The minimum atomic E-state index is 0.0330. The number of benzene rings is 1. The molecule has 6 nitrogen and oxygen atoms in total. The Balaban J connectivity index is 1.53. The maximum absolute atomic E-state index is 12.4. The van der Waals surface area contributed by atoms with Gasteiger partial charge in [0.1, 0.15) is 12.4 Å². The Labute approximate surface area is 143 Å². The molecule has 2 aliphatic heterocycles. The quantitative estimate of drug-likeness (QED) is 0.762. The van der Waals surface area contributed by atoms with E-state index < -0.39 is 0 Å². The second-order valence-electron chi connectivity index (χ2n) is 6.48. The van der Waals surface area contributed by atoms with Crippen LogP contribution in [0.5, 0.6) is 5.75 Å². The number of amides is 1. The molecule has 2 fully saturated rings. The number of nitrogens with two attached hydrogens (primary N) is 1. The van der Waals surface area contributed by atoms with E-state index in [1.165, 1.54) is 12.8 Å². The summed E-state index contributed by atoms with van der Waals surface area (Å²) in [6.45, 7) is 4.50. The van der Waals surface area contributed by atoms with Gasteiger partial charge in [-0.1, -0.05) is 12.1 Å². The summed E-state index contributed by atoms with van der Waals surface area (Å²) in [4.78, 5) is 14.9. The van der Waals surface area contributed by atoms with Crippen LogP contribution in [0.3, 0.4) is 0 Å². The Morgan fingerprint density at radius 3 is 2.96 bits per heavy atom. The standard InChI is InChI=1S/C18H27N3O3/c19-6-9-24-15-5-3-4-14(10-15)11-18(22)20-16-12-23-13-17(16)21-7-1-2-8-21/h3-5,10,16-17H,1-2,6-9,11-13,19H2,(H,20,22)/t16-,17-/m0/s1. The number of carbonyl (C=O) groups excluding carboxylic acids is 1. The van der Waals surface area contributed by atoms with Crippen molar-refractivity contribution in [2.24, 2.45) is 5.73 Å². The predicted octanol–water partition coefficient (Wildman–Crippen LogP) is 0.546. The van der Waals surface area contributed by atoms with Gasteiger partial charge in [-0.15, -0.1) is 0 Å². The smallest absolute Gasteiger partial charge is 0.224 e. The van der Waals surface area contributed by atoms with Gasteiger partial charge in [0, 0.05) is 6.54 Å². The number of nitrogens with zero attached hydrogens (tertiary/aromatic N) is 1. The number of hydrogen-bond acceptors (Lipinski definition) is 5. The second-order valence-corrected chi connectivity index (χ2v) is 6.48. The highest BCUT2D eigenvalue weighted by Crippen LogP contribution is 2.19. The van der Waals surface area contributed by atoms with Gasteiger partial charge in [0.25, 0.3) is 0 Å². The SMILES string of the molecule is NCCOc1cccc(CC(=O)N[C@H]2COC[C@@H]2N2CCCC2)c1. The third-order valence-corrected chi connectivity index (χ3v) is 4.66. The number of rotatable bonds is 7. The van der Waals surface area contributed by atoms with E-state index in [0.717, 1.165) is 24.4 Å². The predicted molar refractivity (Wildman–Crippen MR) is 92.0 cm³/mol. The van der Waals surface area contributed by atoms with Crippen molar-refractivity contribution in [1.82, 2.24) is 10.2 Å². The summed E-state index contributed by atoms with van der Waals surface area (Å²) in [7, 11) is 0. The monoisotopic (exact) mass is 333 g/mol. The molecule has 132 valence electrons. The highest BCUT2D eigenvalue weighted by molar-refractivity contribution is 5.79. The molecule has 3 N–H and O–H groups in total. The Morgan fingerprint density at radius 2 is 2.17 bits per heavy atom. The molecule has 1 aromatic rings. The third-order valence-electron chi connectivity index (χ3n) is 4.66. The van der Waals surface area contributed by atoms with Gasteiger partial charge in [0.2, 0.25) is 5.91 Å². The maximum Gasteiger partial charge on any atom is 0.224 e. The molecule has 0 aliphatic carbocycles. The molecule has 6 heteroatoms. The van der Waals surface area contributed by atoms with Crippen LogP contribution in [0.25, 0.3) is 0 Å². The van der Waals surface area contributed by atoms with E-state index >= 15 is 0 Å². The van der Waals surface area contributed by atoms with Gasteiger partial charge >= 0.3 is 0 Å². The summed E-state index contributed by atoms with van der Waals surface area (Å²) >= 11 is 0. The number of carbonyl (C=O) groups is 1. The Morgan fingerprint density at radius 1 is 1.33 bits per heavy atom. The number of hydrogen-bond donors (Lipinski definition) is 2. The van der Waals surface area contributed by atoms with Crippen LogP contribution in [0.2, 0.25) is 0 Å². The van der Waals surface area contributed by atoms with Crippen molar-refractivity contribution in [1.29, 1.82) is 0 Å². The number of nitrogens with one attached hydrogen (secondary N) is 1. The summed E-state index contributed by atoms with van der Waals surface area (Å²) in [5.41, 5.74) is 6.39. The molecule has 2 saturated heterocycles. The van der Waals surface area contributed by atoms with Crippen molar-refractivity contribution in [2.75, 3.05) is 39.5 Å². The zero-order valence-corrected chi connectivity index (χ0v) is 14.1. The molecule has 1 amide bonds. The summed E-state index contributed by atoms with van der Waals surface area (Å²) in [5, 5.41) is 3.15. The highest BCUT2D eigenvalue weighted by atomic mass is 16.5. The van der Waals surface area contributed by atoms with E-state index in [2.05, 4.69) is 10.2 Å². The van der Waals surface area contributed by atoms with Gasteiger partial charge < -0.3 is 20.5 Å². The van der Waals surface area contributed by atoms with Crippen molar-refractivity contribution in [3.05, 3.63) is 29.8 Å². The van der Waals surface area contributed by atoms with Crippen LogP contribution in [0.1, 0.15) is 18.4 Å². The van der Waals surface area contributed by atoms with E-state index in [-0.39, 0.29) is 11.9 Å². The van der Waals surface area contributed by atoms with Crippen LogP contribution in [-0.2, 0) is 16.0 Å². The average molecular weight is 333 g/mol. The van der Waals surface area contributed by atoms with Crippen LogP contribution in [0, 0.1) is 0 Å². The van der Waals surface area contributed by atoms with E-state index in [0.29, 0.717) is 38.8 Å². The van der Waals surface area contributed by atoms with Gasteiger partial charge in [0.15, 0.2) is 0 Å². The van der Waals surface area contributed by atoms with Crippen molar-refractivity contribution in [3.63, 3.8) is 0 Å². The van der Waals surface area contributed by atoms with Gasteiger partial charge in [0.05, 0.1) is 31.7 Å². The lowest BCUT2D eigenvalue weighted by Gasteiger charge is -2.27. The van der Waals surface area contributed by atoms with Crippen molar-refractivity contribution in [3.8, 4) is 5.75 Å². The molecule has 0 aromatic heterocycles. The topological polar surface area (TPSA) is 76.8 Å². The lowest BCUT2D eigenvalue weighted by Crippen LogP contribution is -2.50. The minimum absolute atomic E-state index is 0.0330. The van der Waals surface area contributed by atoms with Crippen molar-refractivity contribution in [2.45, 2.75) is 31.3 Å². The molecular weight excluding hydrogens is 306 g/mol. The Hall–Kier alpha value is -1.63. The summed E-state index contributed by atoms with van der Waals surface area (Å²) in [6, 6.07) is 8.03. The average Bonchev–Trinajstić information content (AvgIpc) is 3.24. The molecule has 2 atom stereocenters. The minimum Gasteiger partial charge on any atom is -0.492 e. The van der Waals surface area contributed by atoms with Crippen molar-refractivity contribution >= 4 is 5.91 Å².